The molecule has 5 heteroatoms. The van der Waals surface area contributed by atoms with Gasteiger partial charge in [-0.15, -0.1) is 0 Å². The summed E-state index contributed by atoms with van der Waals surface area (Å²) in [5, 5.41) is 0. The van der Waals surface area contributed by atoms with Gasteiger partial charge in [-0.25, -0.2) is 0 Å². The highest BCUT2D eigenvalue weighted by atomic mass is 16.2. The van der Waals surface area contributed by atoms with Crippen LogP contribution >= 0.6 is 0 Å². The molecule has 2 aliphatic rings. The highest BCUT2D eigenvalue weighted by Gasteiger charge is 2.32. The first-order valence-corrected chi connectivity index (χ1v) is 10.7. The zero-order valence-electron chi connectivity index (χ0n) is 17.9. The van der Waals surface area contributed by atoms with Gasteiger partial charge in [0.1, 0.15) is 0 Å². The topological polar surface area (TPSA) is 43.9 Å². The molecule has 0 saturated carbocycles. The number of piperazine rings is 1. The number of amides is 2. The number of hydrogen-bond acceptors (Lipinski definition) is 3. The number of hydrogen-bond donors (Lipinski definition) is 0. The summed E-state index contributed by atoms with van der Waals surface area (Å²) in [7, 11) is 0. The number of piperidine rings is 1. The Bertz CT molecular complexity index is 687. The van der Waals surface area contributed by atoms with E-state index in [-0.39, 0.29) is 17.9 Å². The summed E-state index contributed by atoms with van der Waals surface area (Å²) in [5.41, 5.74) is 2.27. The monoisotopic (exact) mass is 385 g/mol. The van der Waals surface area contributed by atoms with E-state index in [1.54, 1.807) is 0 Å². The van der Waals surface area contributed by atoms with Crippen molar-refractivity contribution in [2.75, 3.05) is 39.3 Å². The van der Waals surface area contributed by atoms with Crippen molar-refractivity contribution in [2.45, 2.75) is 46.6 Å². The van der Waals surface area contributed by atoms with Gasteiger partial charge in [0.2, 0.25) is 11.8 Å². The van der Waals surface area contributed by atoms with Gasteiger partial charge in [-0.2, -0.15) is 0 Å². The maximum atomic E-state index is 13.0. The lowest BCUT2D eigenvalue weighted by molar-refractivity contribution is -0.140. The second kappa shape index (κ2) is 9.08. The maximum Gasteiger partial charge on any atom is 0.239 e. The first kappa shape index (κ1) is 20.8. The summed E-state index contributed by atoms with van der Waals surface area (Å²) in [6, 6.07) is 7.97. The number of carbonyl (C=O) groups excluding carboxylic acids is 2. The minimum Gasteiger partial charge on any atom is -0.341 e. The van der Waals surface area contributed by atoms with E-state index in [1.807, 2.05) is 30.0 Å². The highest BCUT2D eigenvalue weighted by Crippen LogP contribution is 2.22. The van der Waals surface area contributed by atoms with Gasteiger partial charge < -0.3 is 9.80 Å². The van der Waals surface area contributed by atoms with Crippen LogP contribution < -0.4 is 0 Å². The Kier molecular flexibility index (Phi) is 6.76. The molecule has 0 N–H and O–H groups in total. The molecule has 1 aromatic rings. The lowest BCUT2D eigenvalue weighted by Crippen LogP contribution is -2.57. The number of benzene rings is 1. The Morgan fingerprint density at radius 1 is 1.00 bits per heavy atom. The summed E-state index contributed by atoms with van der Waals surface area (Å²) >= 11 is 0. The summed E-state index contributed by atoms with van der Waals surface area (Å²) in [6.45, 7) is 13.2. The van der Waals surface area contributed by atoms with E-state index in [9.17, 15) is 9.59 Å². The second-order valence-corrected chi connectivity index (χ2v) is 8.89. The number of likely N-dealkylation sites (tertiary alicyclic amines) is 1. The van der Waals surface area contributed by atoms with E-state index in [2.05, 4.69) is 36.6 Å². The van der Waals surface area contributed by atoms with E-state index in [0.717, 1.165) is 31.7 Å². The molecule has 154 valence electrons. The number of aryl methyl sites for hydroxylation is 1. The first-order valence-electron chi connectivity index (χ1n) is 10.7. The van der Waals surface area contributed by atoms with E-state index in [4.69, 9.17) is 0 Å². The Balaban J connectivity index is 1.51. The Hall–Kier alpha value is -1.88. The van der Waals surface area contributed by atoms with Crippen molar-refractivity contribution in [1.82, 2.24) is 14.7 Å². The van der Waals surface area contributed by atoms with Crippen molar-refractivity contribution in [1.29, 1.82) is 0 Å². The van der Waals surface area contributed by atoms with Crippen LogP contribution in [-0.4, -0.2) is 71.8 Å². The van der Waals surface area contributed by atoms with Crippen molar-refractivity contribution in [3.05, 3.63) is 35.4 Å². The molecule has 2 amide bonds. The molecule has 0 aliphatic carbocycles. The third-order valence-electron chi connectivity index (χ3n) is 6.36. The van der Waals surface area contributed by atoms with Crippen molar-refractivity contribution < 1.29 is 9.59 Å². The first-order chi connectivity index (χ1) is 13.3. The molecule has 0 bridgehead atoms. The lowest BCUT2D eigenvalue weighted by Gasteiger charge is -2.41. The van der Waals surface area contributed by atoms with Gasteiger partial charge in [0.25, 0.3) is 0 Å². The van der Waals surface area contributed by atoms with E-state index >= 15 is 0 Å². The minimum absolute atomic E-state index is 0.105. The van der Waals surface area contributed by atoms with Crippen LogP contribution in [0.25, 0.3) is 0 Å². The van der Waals surface area contributed by atoms with Crippen molar-refractivity contribution in [3.63, 3.8) is 0 Å². The highest BCUT2D eigenvalue weighted by molar-refractivity contribution is 5.82. The molecule has 3 unspecified atom stereocenters. The van der Waals surface area contributed by atoms with Gasteiger partial charge in [0.05, 0.1) is 12.5 Å². The normalized spacial score (nSPS) is 24.9. The molecule has 3 atom stereocenters. The van der Waals surface area contributed by atoms with E-state index in [0.29, 0.717) is 31.3 Å². The molecule has 0 radical (unpaired) electrons. The van der Waals surface area contributed by atoms with Gasteiger partial charge in [-0.3, -0.25) is 14.5 Å². The Morgan fingerprint density at radius 2 is 1.61 bits per heavy atom. The van der Waals surface area contributed by atoms with Crippen LogP contribution in [0, 0.1) is 18.8 Å². The third kappa shape index (κ3) is 4.93. The largest absolute Gasteiger partial charge is 0.341 e. The van der Waals surface area contributed by atoms with Crippen LogP contribution in [0.2, 0.25) is 0 Å². The van der Waals surface area contributed by atoms with Gasteiger partial charge in [0.15, 0.2) is 0 Å². The molecule has 2 fully saturated rings. The van der Waals surface area contributed by atoms with Crippen LogP contribution in [-0.2, 0) is 16.0 Å². The minimum atomic E-state index is -0.105. The van der Waals surface area contributed by atoms with Crippen molar-refractivity contribution >= 4 is 11.8 Å². The standard InChI is InChI=1S/C23H35N3O2/c1-17-13-18(2)16-26(15-17)23(28)20(4)24-9-11-25(12-10-24)22(27)14-21-8-6-5-7-19(21)3/h5-8,17-18,20H,9-16H2,1-4H3. The zero-order chi connectivity index (χ0) is 20.3. The third-order valence-corrected chi connectivity index (χ3v) is 6.36. The van der Waals surface area contributed by atoms with Crippen molar-refractivity contribution in [3.8, 4) is 0 Å². The van der Waals surface area contributed by atoms with Crippen LogP contribution in [0.5, 0.6) is 0 Å². The average molecular weight is 386 g/mol. The second-order valence-electron chi connectivity index (χ2n) is 8.89. The molecule has 1 aromatic carbocycles. The maximum absolute atomic E-state index is 13.0. The van der Waals surface area contributed by atoms with Gasteiger partial charge in [-0.1, -0.05) is 38.1 Å². The molecule has 5 nitrogen and oxygen atoms in total. The molecule has 0 aromatic heterocycles. The predicted molar refractivity (Wildman–Crippen MR) is 112 cm³/mol. The summed E-state index contributed by atoms with van der Waals surface area (Å²) in [4.78, 5) is 31.9. The molecular formula is C23H35N3O2. The SMILES string of the molecule is Cc1ccccc1CC(=O)N1CCN(C(C)C(=O)N2CC(C)CC(C)C2)CC1. The smallest absolute Gasteiger partial charge is 0.239 e. The average Bonchev–Trinajstić information content (AvgIpc) is 2.68. The van der Waals surface area contributed by atoms with Crippen LogP contribution in [0.4, 0.5) is 0 Å². The Morgan fingerprint density at radius 3 is 2.21 bits per heavy atom. The van der Waals surface area contributed by atoms with Crippen LogP contribution in [0.3, 0.4) is 0 Å². The van der Waals surface area contributed by atoms with E-state index in [1.165, 1.54) is 12.0 Å². The fourth-order valence-electron chi connectivity index (χ4n) is 4.71. The predicted octanol–water partition coefficient (Wildman–Crippen LogP) is 2.57. The zero-order valence-corrected chi connectivity index (χ0v) is 17.9. The van der Waals surface area contributed by atoms with Crippen LogP contribution in [0.15, 0.2) is 24.3 Å². The quantitative estimate of drug-likeness (QED) is 0.800. The molecule has 3 rings (SSSR count). The van der Waals surface area contributed by atoms with Crippen molar-refractivity contribution in [2.24, 2.45) is 11.8 Å². The van der Waals surface area contributed by atoms with Gasteiger partial charge in [0, 0.05) is 39.3 Å². The van der Waals surface area contributed by atoms with Gasteiger partial charge >= 0.3 is 0 Å². The molecule has 28 heavy (non-hydrogen) atoms. The van der Waals surface area contributed by atoms with Crippen LogP contribution in [0.1, 0.15) is 38.3 Å². The lowest BCUT2D eigenvalue weighted by atomic mass is 9.91. The summed E-state index contributed by atoms with van der Waals surface area (Å²) in [5.74, 6) is 1.59. The molecular weight excluding hydrogens is 350 g/mol. The van der Waals surface area contributed by atoms with E-state index < -0.39 is 0 Å². The number of nitrogens with zero attached hydrogens (tertiary/aromatic N) is 3. The summed E-state index contributed by atoms with van der Waals surface area (Å²) < 4.78 is 0. The number of carbonyl (C=O) groups is 2. The number of rotatable bonds is 4. The molecule has 0 spiro atoms. The fraction of sp³-hybridized carbons (Fsp3) is 0.652. The summed E-state index contributed by atoms with van der Waals surface area (Å²) in [6.07, 6.45) is 1.67. The Labute approximate surface area is 169 Å². The fourth-order valence-corrected chi connectivity index (χ4v) is 4.71. The van der Waals surface area contributed by atoms with Gasteiger partial charge in [-0.05, 0) is 43.2 Å². The molecule has 2 heterocycles. The molecule has 2 aliphatic heterocycles. The molecule has 2 saturated heterocycles.